The summed E-state index contributed by atoms with van der Waals surface area (Å²) < 4.78 is 18.5. The molecule has 0 radical (unpaired) electrons. The molecule has 0 spiro atoms. The lowest BCUT2D eigenvalue weighted by molar-refractivity contribution is -0.143. The van der Waals surface area contributed by atoms with E-state index >= 15 is 0 Å². The fourth-order valence-electron chi connectivity index (χ4n) is 4.11. The molecule has 1 aliphatic heterocycles. The number of nitrogens with zero attached hydrogens (tertiary/aromatic N) is 3. The largest absolute Gasteiger partial charge is 0.490 e. The molecular weight excluding hydrogens is 526 g/mol. The average molecular weight is 552 g/mol. The Kier molecular flexibility index (Phi) is 8.35. The maximum absolute atomic E-state index is 13.8. The number of hydrogen-bond acceptors (Lipinski definition) is 8. The normalized spacial score (nSPS) is 15.1. The first-order valence-electron chi connectivity index (χ1n) is 12.0. The quantitative estimate of drug-likeness (QED) is 0.390. The molecule has 8 nitrogen and oxygen atoms in total. The third-order valence-electron chi connectivity index (χ3n) is 5.64. The van der Waals surface area contributed by atoms with Gasteiger partial charge in [-0.15, -0.1) is 0 Å². The lowest BCUT2D eigenvalue weighted by atomic mass is 9.96. The van der Waals surface area contributed by atoms with E-state index < -0.39 is 12.0 Å². The lowest BCUT2D eigenvalue weighted by Gasteiger charge is -2.26. The molecule has 0 amide bonds. The average Bonchev–Trinajstić information content (AvgIpc) is 3.17. The topological polar surface area (TPSA) is 103 Å². The Bertz CT molecular complexity index is 1630. The van der Waals surface area contributed by atoms with E-state index in [1.807, 2.05) is 19.1 Å². The van der Waals surface area contributed by atoms with E-state index in [-0.39, 0.29) is 23.8 Å². The first-order valence-corrected chi connectivity index (χ1v) is 13.2. The van der Waals surface area contributed by atoms with Crippen molar-refractivity contribution in [3.63, 3.8) is 0 Å². The molecule has 10 heteroatoms. The molecule has 1 unspecified atom stereocenters. The van der Waals surface area contributed by atoms with Crippen LogP contribution in [0.4, 0.5) is 0 Å². The number of allylic oxidation sites excluding steroid dienone is 1. The van der Waals surface area contributed by atoms with Crippen LogP contribution in [0, 0.1) is 11.3 Å². The summed E-state index contributed by atoms with van der Waals surface area (Å²) in [5, 5.41) is 9.26. The summed E-state index contributed by atoms with van der Waals surface area (Å²) >= 11 is 7.78. The standard InChI is InChI=1S/C28H26ClN3O5S/c1-5-35-22-14-18(10-11-21(22)36-13-12-30)15-23-26(33)32-25(19-8-6-7-9-20(19)29)24(27(34)37-16(2)3)17(4)31-28(32)38-23/h6-11,14-16,25H,5,13H2,1-4H3. The van der Waals surface area contributed by atoms with Crippen molar-refractivity contribution < 1.29 is 19.0 Å². The van der Waals surface area contributed by atoms with Crippen molar-refractivity contribution in [2.24, 2.45) is 4.99 Å². The number of carbonyl (C=O) groups is 1. The SMILES string of the molecule is CCOc1cc(C=c2sc3n(c2=O)C(c2ccccc2Cl)C(C(=O)OC(C)C)=C(C)N=3)ccc1OCC#N. The molecular formula is C28H26ClN3O5S. The number of rotatable bonds is 8. The summed E-state index contributed by atoms with van der Waals surface area (Å²) in [6.07, 6.45) is 1.38. The van der Waals surface area contributed by atoms with Crippen molar-refractivity contribution in [3.05, 3.63) is 89.6 Å². The Morgan fingerprint density at radius 2 is 2.00 bits per heavy atom. The Hall–Kier alpha value is -3.87. The van der Waals surface area contributed by atoms with Gasteiger partial charge in [-0.05, 0) is 63.1 Å². The molecule has 3 aromatic rings. The second-order valence-electron chi connectivity index (χ2n) is 8.64. The highest BCUT2D eigenvalue weighted by molar-refractivity contribution is 7.07. The van der Waals surface area contributed by atoms with Gasteiger partial charge >= 0.3 is 5.97 Å². The summed E-state index contributed by atoms with van der Waals surface area (Å²) in [6, 6.07) is 13.5. The van der Waals surface area contributed by atoms with Crippen LogP contribution in [0.3, 0.4) is 0 Å². The van der Waals surface area contributed by atoms with Gasteiger partial charge in [0.15, 0.2) is 22.9 Å². The molecule has 0 aliphatic carbocycles. The Morgan fingerprint density at radius 1 is 1.24 bits per heavy atom. The smallest absolute Gasteiger partial charge is 0.338 e. The van der Waals surface area contributed by atoms with Crippen LogP contribution < -0.4 is 24.4 Å². The minimum atomic E-state index is -0.797. The summed E-state index contributed by atoms with van der Waals surface area (Å²) in [6.45, 7) is 7.40. The molecule has 1 atom stereocenters. The maximum atomic E-state index is 13.8. The number of carbonyl (C=O) groups excluding carboxylic acids is 1. The van der Waals surface area contributed by atoms with Gasteiger partial charge in [0.1, 0.15) is 12.1 Å². The minimum Gasteiger partial charge on any atom is -0.490 e. The second-order valence-corrected chi connectivity index (χ2v) is 10.1. The van der Waals surface area contributed by atoms with Crippen LogP contribution >= 0.6 is 22.9 Å². The zero-order valence-corrected chi connectivity index (χ0v) is 22.9. The molecule has 1 aliphatic rings. The number of thiazole rings is 1. The number of benzene rings is 2. The molecule has 2 heterocycles. The second kappa shape index (κ2) is 11.7. The van der Waals surface area contributed by atoms with Crippen molar-refractivity contribution in [1.82, 2.24) is 4.57 Å². The van der Waals surface area contributed by atoms with Crippen LogP contribution in [-0.4, -0.2) is 29.9 Å². The monoisotopic (exact) mass is 551 g/mol. The van der Waals surface area contributed by atoms with Crippen molar-refractivity contribution in [3.8, 4) is 17.6 Å². The van der Waals surface area contributed by atoms with Crippen molar-refractivity contribution in [2.45, 2.75) is 39.8 Å². The molecule has 2 aromatic carbocycles. The molecule has 0 saturated heterocycles. The third-order valence-corrected chi connectivity index (χ3v) is 6.97. The first-order chi connectivity index (χ1) is 18.2. The van der Waals surface area contributed by atoms with Gasteiger partial charge in [0.25, 0.3) is 5.56 Å². The maximum Gasteiger partial charge on any atom is 0.338 e. The van der Waals surface area contributed by atoms with Gasteiger partial charge in [-0.1, -0.05) is 47.2 Å². The molecule has 4 rings (SSSR count). The number of esters is 1. The van der Waals surface area contributed by atoms with E-state index in [1.165, 1.54) is 15.9 Å². The lowest BCUT2D eigenvalue weighted by Crippen LogP contribution is -2.40. The Balaban J connectivity index is 1.89. The van der Waals surface area contributed by atoms with Gasteiger partial charge in [0.05, 0.1) is 28.5 Å². The van der Waals surface area contributed by atoms with Crippen LogP contribution in [0.5, 0.6) is 11.5 Å². The van der Waals surface area contributed by atoms with Gasteiger partial charge < -0.3 is 14.2 Å². The van der Waals surface area contributed by atoms with Crippen molar-refractivity contribution in [2.75, 3.05) is 13.2 Å². The van der Waals surface area contributed by atoms with Gasteiger partial charge in [-0.2, -0.15) is 5.26 Å². The fourth-order valence-corrected chi connectivity index (χ4v) is 5.40. The van der Waals surface area contributed by atoms with Crippen LogP contribution in [-0.2, 0) is 9.53 Å². The van der Waals surface area contributed by atoms with Crippen LogP contribution in [0.2, 0.25) is 5.02 Å². The summed E-state index contributed by atoms with van der Waals surface area (Å²) in [4.78, 5) is 32.0. The van der Waals surface area contributed by atoms with E-state index in [2.05, 4.69) is 4.99 Å². The van der Waals surface area contributed by atoms with Crippen molar-refractivity contribution in [1.29, 1.82) is 5.26 Å². The van der Waals surface area contributed by atoms with Gasteiger partial charge in [-0.3, -0.25) is 9.36 Å². The van der Waals surface area contributed by atoms with Crippen LogP contribution in [0.25, 0.3) is 6.08 Å². The zero-order chi connectivity index (χ0) is 27.4. The predicted molar refractivity (Wildman–Crippen MR) is 145 cm³/mol. The number of halogens is 1. The summed E-state index contributed by atoms with van der Waals surface area (Å²) in [7, 11) is 0. The summed E-state index contributed by atoms with van der Waals surface area (Å²) in [5.74, 6) is 0.359. The van der Waals surface area contributed by atoms with Crippen LogP contribution in [0.1, 0.15) is 44.9 Å². The third kappa shape index (κ3) is 5.52. The number of fused-ring (bicyclic) bond motifs is 1. The van der Waals surface area contributed by atoms with Gasteiger partial charge in [0.2, 0.25) is 0 Å². The molecule has 0 N–H and O–H groups in total. The highest BCUT2D eigenvalue weighted by atomic mass is 35.5. The predicted octanol–water partition coefficient (Wildman–Crippen LogP) is 4.14. The number of hydrogen-bond donors (Lipinski definition) is 0. The molecule has 196 valence electrons. The molecule has 0 fully saturated rings. The Labute approximate surface area is 228 Å². The van der Waals surface area contributed by atoms with Crippen molar-refractivity contribution >= 4 is 35.0 Å². The minimum absolute atomic E-state index is 0.110. The molecule has 38 heavy (non-hydrogen) atoms. The van der Waals surface area contributed by atoms with E-state index in [9.17, 15) is 9.59 Å². The van der Waals surface area contributed by atoms with Gasteiger partial charge in [-0.25, -0.2) is 9.79 Å². The molecule has 1 aromatic heterocycles. The molecule has 0 bridgehead atoms. The number of ether oxygens (including phenoxy) is 3. The van der Waals surface area contributed by atoms with E-state index in [4.69, 9.17) is 31.1 Å². The molecule has 0 saturated carbocycles. The number of aromatic nitrogens is 1. The highest BCUT2D eigenvalue weighted by Gasteiger charge is 2.34. The first kappa shape index (κ1) is 27.2. The summed E-state index contributed by atoms with van der Waals surface area (Å²) in [5.41, 5.74) is 1.72. The van der Waals surface area contributed by atoms with E-state index in [0.29, 0.717) is 49.3 Å². The number of nitriles is 1. The van der Waals surface area contributed by atoms with Gasteiger partial charge in [0, 0.05) is 5.02 Å². The van der Waals surface area contributed by atoms with Crippen LogP contribution in [0.15, 0.2) is 63.5 Å². The van der Waals surface area contributed by atoms with E-state index in [0.717, 1.165) is 0 Å². The highest BCUT2D eigenvalue weighted by Crippen LogP contribution is 2.34. The Morgan fingerprint density at radius 3 is 2.68 bits per heavy atom. The van der Waals surface area contributed by atoms with E-state index in [1.54, 1.807) is 63.2 Å². The fraction of sp³-hybridized carbons (Fsp3) is 0.286. The zero-order valence-electron chi connectivity index (χ0n) is 21.4.